The molecule has 1 saturated heterocycles. The molecule has 1 aliphatic rings. The molecular weight excluding hydrogens is 232 g/mol. The third-order valence-electron chi connectivity index (χ3n) is 2.51. The maximum absolute atomic E-state index is 11.4. The lowest BCUT2D eigenvalue weighted by molar-refractivity contribution is 0.482. The SMILES string of the molecule is O=S1(=O)CCCC(NCc2cncs2)C1. The molecule has 1 aliphatic heterocycles. The molecule has 84 valence electrons. The van der Waals surface area contributed by atoms with E-state index in [1.807, 2.05) is 6.20 Å². The first-order chi connectivity index (χ1) is 7.16. The van der Waals surface area contributed by atoms with Crippen molar-refractivity contribution in [3.05, 3.63) is 16.6 Å². The Balaban J connectivity index is 1.85. The van der Waals surface area contributed by atoms with E-state index in [0.717, 1.165) is 24.3 Å². The lowest BCUT2D eigenvalue weighted by Crippen LogP contribution is -2.39. The molecule has 1 aromatic rings. The van der Waals surface area contributed by atoms with Gasteiger partial charge in [-0.1, -0.05) is 0 Å². The Hall–Kier alpha value is -0.460. The van der Waals surface area contributed by atoms with Crippen molar-refractivity contribution in [1.82, 2.24) is 10.3 Å². The van der Waals surface area contributed by atoms with Gasteiger partial charge < -0.3 is 5.32 Å². The molecule has 0 aromatic carbocycles. The van der Waals surface area contributed by atoms with Gasteiger partial charge in [-0.2, -0.15) is 0 Å². The van der Waals surface area contributed by atoms with Crippen LogP contribution < -0.4 is 5.32 Å². The summed E-state index contributed by atoms with van der Waals surface area (Å²) in [5, 5.41) is 3.27. The van der Waals surface area contributed by atoms with Crippen LogP contribution in [0.2, 0.25) is 0 Å². The van der Waals surface area contributed by atoms with Gasteiger partial charge in [-0.15, -0.1) is 11.3 Å². The van der Waals surface area contributed by atoms with Gasteiger partial charge in [0.25, 0.3) is 0 Å². The van der Waals surface area contributed by atoms with Crippen molar-refractivity contribution in [2.75, 3.05) is 11.5 Å². The zero-order valence-electron chi connectivity index (χ0n) is 8.35. The quantitative estimate of drug-likeness (QED) is 0.857. The van der Waals surface area contributed by atoms with Crippen LogP contribution in [0.4, 0.5) is 0 Å². The number of thiazole rings is 1. The number of hydrogen-bond donors (Lipinski definition) is 1. The molecule has 1 fully saturated rings. The summed E-state index contributed by atoms with van der Waals surface area (Å²) < 4.78 is 22.7. The summed E-state index contributed by atoms with van der Waals surface area (Å²) in [6.45, 7) is 0.727. The van der Waals surface area contributed by atoms with Crippen LogP contribution in [0.3, 0.4) is 0 Å². The Morgan fingerprint density at radius 2 is 2.47 bits per heavy atom. The van der Waals surface area contributed by atoms with Gasteiger partial charge in [0.05, 0.1) is 17.0 Å². The zero-order chi connectivity index (χ0) is 10.7. The van der Waals surface area contributed by atoms with E-state index in [1.54, 1.807) is 16.8 Å². The summed E-state index contributed by atoms with van der Waals surface area (Å²) in [5.41, 5.74) is 1.79. The highest BCUT2D eigenvalue weighted by molar-refractivity contribution is 7.91. The van der Waals surface area contributed by atoms with Crippen LogP contribution in [0.15, 0.2) is 11.7 Å². The van der Waals surface area contributed by atoms with E-state index in [2.05, 4.69) is 10.3 Å². The second kappa shape index (κ2) is 4.59. The smallest absolute Gasteiger partial charge is 0.151 e. The number of aromatic nitrogens is 1. The molecule has 0 bridgehead atoms. The van der Waals surface area contributed by atoms with Crippen molar-refractivity contribution in [1.29, 1.82) is 0 Å². The minimum Gasteiger partial charge on any atom is -0.308 e. The maximum atomic E-state index is 11.4. The first kappa shape index (κ1) is 11.0. The number of sulfone groups is 1. The summed E-state index contributed by atoms with van der Waals surface area (Å²) in [7, 11) is -2.80. The molecule has 0 aliphatic carbocycles. The van der Waals surface area contributed by atoms with Crippen molar-refractivity contribution in [2.45, 2.75) is 25.4 Å². The second-order valence-electron chi connectivity index (χ2n) is 3.80. The van der Waals surface area contributed by atoms with Gasteiger partial charge in [-0.05, 0) is 12.8 Å². The van der Waals surface area contributed by atoms with Gasteiger partial charge >= 0.3 is 0 Å². The fraction of sp³-hybridized carbons (Fsp3) is 0.667. The van der Waals surface area contributed by atoms with Crippen LogP contribution in [0.1, 0.15) is 17.7 Å². The molecule has 1 N–H and O–H groups in total. The van der Waals surface area contributed by atoms with Gasteiger partial charge in [0, 0.05) is 23.7 Å². The first-order valence-corrected chi connectivity index (χ1v) is 7.67. The summed E-state index contributed by atoms with van der Waals surface area (Å²) in [6, 6.07) is 0.117. The number of hydrogen-bond acceptors (Lipinski definition) is 5. The van der Waals surface area contributed by atoms with Gasteiger partial charge in [-0.25, -0.2) is 8.42 Å². The molecule has 0 amide bonds. The van der Waals surface area contributed by atoms with E-state index < -0.39 is 9.84 Å². The average Bonchev–Trinajstić information content (AvgIpc) is 2.65. The Morgan fingerprint density at radius 3 is 3.13 bits per heavy atom. The molecule has 0 spiro atoms. The molecule has 1 atom stereocenters. The third kappa shape index (κ3) is 3.25. The second-order valence-corrected chi connectivity index (χ2v) is 7.00. The van der Waals surface area contributed by atoms with Crippen molar-refractivity contribution >= 4 is 21.2 Å². The number of nitrogens with zero attached hydrogens (tertiary/aromatic N) is 1. The number of nitrogens with one attached hydrogen (secondary N) is 1. The van der Waals surface area contributed by atoms with E-state index in [1.165, 1.54) is 0 Å². The van der Waals surface area contributed by atoms with E-state index in [4.69, 9.17) is 0 Å². The van der Waals surface area contributed by atoms with Crippen LogP contribution in [0.25, 0.3) is 0 Å². The molecule has 0 saturated carbocycles. The molecule has 1 aromatic heterocycles. The summed E-state index contributed by atoms with van der Waals surface area (Å²) in [4.78, 5) is 5.13. The first-order valence-electron chi connectivity index (χ1n) is 4.97. The number of rotatable bonds is 3. The third-order valence-corrected chi connectivity index (χ3v) is 5.11. The van der Waals surface area contributed by atoms with Crippen molar-refractivity contribution in [3.63, 3.8) is 0 Å². The normalized spacial score (nSPS) is 25.2. The highest BCUT2D eigenvalue weighted by Gasteiger charge is 2.24. The lowest BCUT2D eigenvalue weighted by Gasteiger charge is -2.22. The van der Waals surface area contributed by atoms with Gasteiger partial charge in [0.1, 0.15) is 0 Å². The molecule has 6 heteroatoms. The standard InChI is InChI=1S/C9H14N2O2S2/c12-15(13)3-1-2-8(6-15)11-5-9-4-10-7-14-9/h4,7-8,11H,1-3,5-6H2. The molecule has 4 nitrogen and oxygen atoms in total. The highest BCUT2D eigenvalue weighted by Crippen LogP contribution is 2.13. The largest absolute Gasteiger partial charge is 0.308 e. The van der Waals surface area contributed by atoms with Crippen molar-refractivity contribution in [3.8, 4) is 0 Å². The molecule has 15 heavy (non-hydrogen) atoms. The maximum Gasteiger partial charge on any atom is 0.151 e. The minimum absolute atomic E-state index is 0.117. The van der Waals surface area contributed by atoms with E-state index in [-0.39, 0.29) is 11.8 Å². The van der Waals surface area contributed by atoms with Crippen LogP contribution in [0, 0.1) is 0 Å². The molecule has 0 radical (unpaired) electrons. The van der Waals surface area contributed by atoms with Crippen molar-refractivity contribution in [2.24, 2.45) is 0 Å². The Kier molecular flexibility index (Phi) is 3.38. The summed E-state index contributed by atoms with van der Waals surface area (Å²) in [5.74, 6) is 0.636. The van der Waals surface area contributed by atoms with E-state index >= 15 is 0 Å². The summed E-state index contributed by atoms with van der Waals surface area (Å²) >= 11 is 1.59. The van der Waals surface area contributed by atoms with Crippen LogP contribution >= 0.6 is 11.3 Å². The molecular formula is C9H14N2O2S2. The van der Waals surface area contributed by atoms with E-state index in [0.29, 0.717) is 5.75 Å². The van der Waals surface area contributed by atoms with E-state index in [9.17, 15) is 8.42 Å². The van der Waals surface area contributed by atoms with Crippen LogP contribution in [0.5, 0.6) is 0 Å². The predicted molar refractivity (Wildman–Crippen MR) is 60.6 cm³/mol. The summed E-state index contributed by atoms with van der Waals surface area (Å²) in [6.07, 6.45) is 3.55. The fourth-order valence-electron chi connectivity index (χ4n) is 1.76. The van der Waals surface area contributed by atoms with Gasteiger partial charge in [0.15, 0.2) is 9.84 Å². The monoisotopic (exact) mass is 246 g/mol. The topological polar surface area (TPSA) is 59.1 Å². The van der Waals surface area contributed by atoms with Crippen LogP contribution in [-0.2, 0) is 16.4 Å². The molecule has 2 rings (SSSR count). The minimum atomic E-state index is -2.80. The van der Waals surface area contributed by atoms with Crippen molar-refractivity contribution < 1.29 is 8.42 Å². The Labute approximate surface area is 93.7 Å². The predicted octanol–water partition coefficient (Wildman–Crippen LogP) is 0.810. The zero-order valence-corrected chi connectivity index (χ0v) is 9.98. The Morgan fingerprint density at radius 1 is 1.60 bits per heavy atom. The molecule has 2 heterocycles. The van der Waals surface area contributed by atoms with Crippen LogP contribution in [-0.4, -0.2) is 30.9 Å². The fourth-order valence-corrected chi connectivity index (χ4v) is 3.97. The molecule has 1 unspecified atom stereocenters. The average molecular weight is 246 g/mol. The Bertz CT molecular complexity index is 400. The van der Waals surface area contributed by atoms with Gasteiger partial charge in [-0.3, -0.25) is 4.98 Å². The van der Waals surface area contributed by atoms with Gasteiger partial charge in [0.2, 0.25) is 0 Å². The lowest BCUT2D eigenvalue weighted by atomic mass is 10.2. The highest BCUT2D eigenvalue weighted by atomic mass is 32.2.